The van der Waals surface area contributed by atoms with Crippen molar-refractivity contribution in [3.63, 3.8) is 0 Å². The first-order chi connectivity index (χ1) is 11.4. The van der Waals surface area contributed by atoms with Gasteiger partial charge in [-0.15, -0.1) is 0 Å². The number of hydrogen-bond donors (Lipinski definition) is 2. The molecule has 0 saturated carbocycles. The van der Waals surface area contributed by atoms with Crippen molar-refractivity contribution in [2.75, 3.05) is 32.5 Å². The number of carbonyl (C=O) groups excluding carboxylic acids is 1. The highest BCUT2D eigenvalue weighted by Crippen LogP contribution is 2.18. The van der Waals surface area contributed by atoms with Gasteiger partial charge in [-0.25, -0.2) is 9.97 Å². The molecule has 0 aliphatic rings. The van der Waals surface area contributed by atoms with E-state index in [9.17, 15) is 4.79 Å². The van der Waals surface area contributed by atoms with Crippen LogP contribution in [0.1, 0.15) is 22.7 Å². The average molecular weight is 392 g/mol. The van der Waals surface area contributed by atoms with Gasteiger partial charge in [0.2, 0.25) is 0 Å². The molecule has 0 spiro atoms. The Morgan fingerprint density at radius 3 is 2.58 bits per heavy atom. The van der Waals surface area contributed by atoms with Crippen LogP contribution >= 0.6 is 15.9 Å². The molecule has 0 saturated heterocycles. The van der Waals surface area contributed by atoms with Crippen LogP contribution < -0.4 is 10.6 Å². The third-order valence-electron chi connectivity index (χ3n) is 3.25. The topological polar surface area (TPSA) is 70.2 Å². The van der Waals surface area contributed by atoms with E-state index in [1.807, 2.05) is 38.4 Å². The van der Waals surface area contributed by atoms with E-state index in [1.54, 1.807) is 13.0 Å². The smallest absolute Gasteiger partial charge is 0.270 e. The van der Waals surface area contributed by atoms with Crippen molar-refractivity contribution in [2.24, 2.45) is 0 Å². The maximum absolute atomic E-state index is 12.2. The molecular weight excluding hydrogens is 370 g/mol. The molecule has 0 atom stereocenters. The highest BCUT2D eigenvalue weighted by atomic mass is 79.9. The molecule has 0 aliphatic heterocycles. The van der Waals surface area contributed by atoms with Gasteiger partial charge in [-0.3, -0.25) is 4.79 Å². The van der Waals surface area contributed by atoms with Gasteiger partial charge in [0, 0.05) is 22.8 Å². The van der Waals surface area contributed by atoms with Crippen LogP contribution in [0.2, 0.25) is 0 Å². The Balaban J connectivity index is 2.02. The number of carbonyl (C=O) groups is 1. The number of hydrogen-bond acceptors (Lipinski definition) is 5. The Bertz CT molecular complexity index is 688. The highest BCUT2D eigenvalue weighted by Gasteiger charge is 2.10. The Kier molecular flexibility index (Phi) is 6.69. The lowest BCUT2D eigenvalue weighted by molar-refractivity contribution is 0.0947. The van der Waals surface area contributed by atoms with E-state index in [-0.39, 0.29) is 5.91 Å². The van der Waals surface area contributed by atoms with Crippen LogP contribution in [-0.2, 0) is 0 Å². The van der Waals surface area contributed by atoms with Crippen molar-refractivity contribution < 1.29 is 4.79 Å². The van der Waals surface area contributed by atoms with E-state index in [2.05, 4.69) is 41.4 Å². The average Bonchev–Trinajstić information content (AvgIpc) is 2.53. The van der Waals surface area contributed by atoms with Gasteiger partial charge in [-0.05, 0) is 58.3 Å². The fraction of sp³-hybridized carbons (Fsp3) is 0.353. The second-order valence-electron chi connectivity index (χ2n) is 5.73. The fourth-order valence-electron chi connectivity index (χ4n) is 2.12. The fourth-order valence-corrected chi connectivity index (χ4v) is 2.38. The predicted molar refractivity (Wildman–Crippen MR) is 99.7 cm³/mol. The summed E-state index contributed by atoms with van der Waals surface area (Å²) >= 11 is 3.40. The number of anilines is 2. The van der Waals surface area contributed by atoms with Gasteiger partial charge in [0.1, 0.15) is 17.3 Å². The van der Waals surface area contributed by atoms with Crippen LogP contribution in [0.3, 0.4) is 0 Å². The van der Waals surface area contributed by atoms with Gasteiger partial charge in [-0.2, -0.15) is 0 Å². The molecule has 1 aromatic carbocycles. The standard InChI is InChI=1S/C17H22BrN5O/c1-12-20-15(17(24)19-9-4-10-23(2)3)11-16(21-12)22-14-7-5-13(18)6-8-14/h5-8,11H,4,9-10H2,1-3H3,(H,19,24)(H,20,21,22). The monoisotopic (exact) mass is 391 g/mol. The van der Waals surface area contributed by atoms with Gasteiger partial charge in [0.25, 0.3) is 5.91 Å². The maximum Gasteiger partial charge on any atom is 0.270 e. The molecule has 7 heteroatoms. The van der Waals surface area contributed by atoms with Crippen LogP contribution in [0.15, 0.2) is 34.8 Å². The summed E-state index contributed by atoms with van der Waals surface area (Å²) in [6.45, 7) is 3.32. The summed E-state index contributed by atoms with van der Waals surface area (Å²) in [6.07, 6.45) is 0.896. The molecule has 0 aliphatic carbocycles. The minimum Gasteiger partial charge on any atom is -0.351 e. The number of nitrogens with one attached hydrogen (secondary N) is 2. The summed E-state index contributed by atoms with van der Waals surface area (Å²) in [5.74, 6) is 0.969. The lowest BCUT2D eigenvalue weighted by atomic mass is 10.3. The summed E-state index contributed by atoms with van der Waals surface area (Å²) in [5.41, 5.74) is 1.26. The number of benzene rings is 1. The van der Waals surface area contributed by atoms with Crippen LogP contribution in [-0.4, -0.2) is 48.0 Å². The number of aryl methyl sites for hydroxylation is 1. The van der Waals surface area contributed by atoms with Gasteiger partial charge >= 0.3 is 0 Å². The first-order valence-electron chi connectivity index (χ1n) is 7.75. The second kappa shape index (κ2) is 8.75. The molecule has 0 bridgehead atoms. The minimum atomic E-state index is -0.182. The minimum absolute atomic E-state index is 0.182. The summed E-state index contributed by atoms with van der Waals surface area (Å²) < 4.78 is 1.00. The molecule has 0 fully saturated rings. The Morgan fingerprint density at radius 2 is 1.92 bits per heavy atom. The largest absolute Gasteiger partial charge is 0.351 e. The maximum atomic E-state index is 12.2. The summed E-state index contributed by atoms with van der Waals surface area (Å²) in [5, 5.41) is 6.08. The van der Waals surface area contributed by atoms with Crippen LogP contribution in [0.5, 0.6) is 0 Å². The van der Waals surface area contributed by atoms with Crippen LogP contribution in [0.25, 0.3) is 0 Å². The molecule has 1 aromatic heterocycles. The van der Waals surface area contributed by atoms with Crippen molar-refractivity contribution in [1.29, 1.82) is 0 Å². The normalized spacial score (nSPS) is 10.7. The molecule has 1 heterocycles. The van der Waals surface area contributed by atoms with E-state index in [4.69, 9.17) is 0 Å². The number of amides is 1. The third kappa shape index (κ3) is 5.90. The van der Waals surface area contributed by atoms with Gasteiger partial charge in [-0.1, -0.05) is 15.9 Å². The van der Waals surface area contributed by atoms with Crippen molar-refractivity contribution in [3.05, 3.63) is 46.3 Å². The summed E-state index contributed by atoms with van der Waals surface area (Å²) in [6, 6.07) is 9.41. The van der Waals surface area contributed by atoms with Crippen LogP contribution in [0, 0.1) is 6.92 Å². The zero-order valence-electron chi connectivity index (χ0n) is 14.1. The molecular formula is C17H22BrN5O. The van der Waals surface area contributed by atoms with Crippen molar-refractivity contribution >= 4 is 33.3 Å². The molecule has 24 heavy (non-hydrogen) atoms. The first kappa shape index (κ1) is 18.4. The van der Waals surface area contributed by atoms with Crippen molar-refractivity contribution in [3.8, 4) is 0 Å². The zero-order chi connectivity index (χ0) is 17.5. The van der Waals surface area contributed by atoms with Gasteiger partial charge < -0.3 is 15.5 Å². The molecule has 6 nitrogen and oxygen atoms in total. The number of rotatable bonds is 7. The number of halogens is 1. The molecule has 1 amide bonds. The van der Waals surface area contributed by atoms with E-state index in [0.717, 1.165) is 23.1 Å². The predicted octanol–water partition coefficient (Wildman–Crippen LogP) is 2.97. The van der Waals surface area contributed by atoms with Crippen LogP contribution in [0.4, 0.5) is 11.5 Å². The highest BCUT2D eigenvalue weighted by molar-refractivity contribution is 9.10. The Hall–Kier alpha value is -1.99. The van der Waals surface area contributed by atoms with E-state index in [0.29, 0.717) is 23.9 Å². The van der Waals surface area contributed by atoms with E-state index in [1.165, 1.54) is 0 Å². The molecule has 2 N–H and O–H groups in total. The van der Waals surface area contributed by atoms with Crippen molar-refractivity contribution in [1.82, 2.24) is 20.2 Å². The quantitative estimate of drug-likeness (QED) is 0.709. The second-order valence-corrected chi connectivity index (χ2v) is 6.65. The lowest BCUT2D eigenvalue weighted by Gasteiger charge is -2.11. The SMILES string of the molecule is Cc1nc(Nc2ccc(Br)cc2)cc(C(=O)NCCCN(C)C)n1. The first-order valence-corrected chi connectivity index (χ1v) is 8.54. The summed E-state index contributed by atoms with van der Waals surface area (Å²) in [7, 11) is 4.02. The number of aromatic nitrogens is 2. The number of nitrogens with zero attached hydrogens (tertiary/aromatic N) is 3. The zero-order valence-corrected chi connectivity index (χ0v) is 15.7. The lowest BCUT2D eigenvalue weighted by Crippen LogP contribution is -2.28. The van der Waals surface area contributed by atoms with Crippen molar-refractivity contribution in [2.45, 2.75) is 13.3 Å². The molecule has 0 unspecified atom stereocenters. The van der Waals surface area contributed by atoms with E-state index >= 15 is 0 Å². The summed E-state index contributed by atoms with van der Waals surface area (Å²) in [4.78, 5) is 22.9. The molecule has 128 valence electrons. The molecule has 0 radical (unpaired) electrons. The molecule has 2 aromatic rings. The van der Waals surface area contributed by atoms with E-state index < -0.39 is 0 Å². The Labute approximate surface area is 150 Å². The molecule has 2 rings (SSSR count). The Morgan fingerprint density at radius 1 is 1.21 bits per heavy atom. The van der Waals surface area contributed by atoms with Gasteiger partial charge in [0.05, 0.1) is 0 Å². The third-order valence-corrected chi connectivity index (χ3v) is 3.78. The van der Waals surface area contributed by atoms with Gasteiger partial charge in [0.15, 0.2) is 0 Å².